The van der Waals surface area contributed by atoms with Gasteiger partial charge in [-0.15, -0.1) is 0 Å². The molecule has 7 rings (SSSR count). The van der Waals surface area contributed by atoms with E-state index in [-0.39, 0.29) is 24.7 Å². The highest BCUT2D eigenvalue weighted by atomic mass is 79.9. The molecule has 3 aromatic carbocycles. The minimum atomic E-state index is -1.88. The fourth-order valence-corrected chi connectivity index (χ4v) is 6.23. The molecule has 1 aromatic heterocycles. The number of anilines is 1. The number of ketones is 1. The van der Waals surface area contributed by atoms with Crippen LogP contribution in [0.2, 0.25) is 5.02 Å². The second kappa shape index (κ2) is 9.58. The molecule has 4 heterocycles. The molecule has 3 aliphatic heterocycles. The number of carbonyl (C=O) groups is 2. The number of halogens is 2. The summed E-state index contributed by atoms with van der Waals surface area (Å²) in [5.74, 6) is 0.913. The van der Waals surface area contributed by atoms with Gasteiger partial charge in [0.05, 0.1) is 11.4 Å². The van der Waals surface area contributed by atoms with Crippen molar-refractivity contribution in [3.63, 3.8) is 0 Å². The van der Waals surface area contributed by atoms with Crippen LogP contribution in [0.5, 0.6) is 17.2 Å². The van der Waals surface area contributed by atoms with Crippen LogP contribution in [0.3, 0.4) is 0 Å². The number of aromatic nitrogens is 1. The van der Waals surface area contributed by atoms with Crippen LogP contribution in [0, 0.1) is 0 Å². The third kappa shape index (κ3) is 4.02. The summed E-state index contributed by atoms with van der Waals surface area (Å²) >= 11 is 9.73. The molecule has 4 aromatic rings. The van der Waals surface area contributed by atoms with Crippen molar-refractivity contribution < 1.29 is 28.9 Å². The van der Waals surface area contributed by atoms with Gasteiger partial charge < -0.3 is 24.2 Å². The predicted molar refractivity (Wildman–Crippen MR) is 155 cm³/mol. The number of amides is 1. The van der Waals surface area contributed by atoms with Gasteiger partial charge >= 0.3 is 0 Å². The highest BCUT2D eigenvalue weighted by Gasteiger charge is 2.53. The average molecular weight is 634 g/mol. The summed E-state index contributed by atoms with van der Waals surface area (Å²) in [6.45, 7) is 2.45. The van der Waals surface area contributed by atoms with Gasteiger partial charge in [0.15, 0.2) is 18.3 Å². The zero-order valence-corrected chi connectivity index (χ0v) is 24.0. The fraction of sp³-hybridized carbons (Fsp3) is 0.194. The molecule has 8 nitrogen and oxygen atoms in total. The number of rotatable bonds is 4. The number of nitrogens with zero attached hydrogens (tertiary/aromatic N) is 2. The standard InChI is InChI=1S/C31H22BrClN2O6/c1-2-35-23-10-16(3-6-26(23)40-15-27(35)36)29(37)30-31(38,22-11-19(32)4-7-25(22)41-30)18-9-17-14-39-24-8-5-20(33)12-21(24)28(17)34-13-18/h3-13,30,38H,2,14-15H2,1H3/t30-,31+/m1/s1. The Balaban J connectivity index is 1.34. The molecule has 206 valence electrons. The summed E-state index contributed by atoms with van der Waals surface area (Å²) in [5, 5.41) is 13.0. The lowest BCUT2D eigenvalue weighted by atomic mass is 9.80. The minimum Gasteiger partial charge on any atom is -0.488 e. The first-order chi connectivity index (χ1) is 19.8. The largest absolute Gasteiger partial charge is 0.488 e. The summed E-state index contributed by atoms with van der Waals surface area (Å²) in [6.07, 6.45) is 0.235. The van der Waals surface area contributed by atoms with Gasteiger partial charge in [-0.05, 0) is 67.6 Å². The molecule has 0 aliphatic carbocycles. The Morgan fingerprint density at radius 3 is 2.68 bits per heavy atom. The van der Waals surface area contributed by atoms with Crippen LogP contribution in [0.1, 0.15) is 34.0 Å². The highest BCUT2D eigenvalue weighted by Crippen LogP contribution is 2.49. The van der Waals surface area contributed by atoms with E-state index in [4.69, 9.17) is 30.8 Å². The number of Topliss-reactive ketones (excluding diaryl/α,β-unsaturated/α-hetero) is 1. The first kappa shape index (κ1) is 26.0. The zero-order valence-electron chi connectivity index (χ0n) is 21.7. The summed E-state index contributed by atoms with van der Waals surface area (Å²) in [6, 6.07) is 17.3. The quantitative estimate of drug-likeness (QED) is 0.289. The Bertz CT molecular complexity index is 1780. The van der Waals surface area contributed by atoms with Crippen LogP contribution in [-0.2, 0) is 17.0 Å². The van der Waals surface area contributed by atoms with Gasteiger partial charge in [-0.1, -0.05) is 27.5 Å². The van der Waals surface area contributed by atoms with Crippen molar-refractivity contribution in [1.82, 2.24) is 4.98 Å². The summed E-state index contributed by atoms with van der Waals surface area (Å²) in [7, 11) is 0. The molecule has 0 radical (unpaired) electrons. The number of fused-ring (bicyclic) bond motifs is 5. The second-order valence-electron chi connectivity index (χ2n) is 10.0. The maximum Gasteiger partial charge on any atom is 0.265 e. The lowest BCUT2D eigenvalue weighted by molar-refractivity contribution is -0.121. The van der Waals surface area contributed by atoms with E-state index < -0.39 is 17.5 Å². The number of carbonyl (C=O) groups excluding carboxylic acids is 2. The normalized spacial score (nSPS) is 20.1. The number of hydrogen-bond acceptors (Lipinski definition) is 7. The summed E-state index contributed by atoms with van der Waals surface area (Å²) in [5.41, 5.74) is 1.89. The van der Waals surface area contributed by atoms with E-state index in [0.29, 0.717) is 55.8 Å². The highest BCUT2D eigenvalue weighted by molar-refractivity contribution is 9.10. The second-order valence-corrected chi connectivity index (χ2v) is 11.4. The zero-order chi connectivity index (χ0) is 28.5. The van der Waals surface area contributed by atoms with Crippen LogP contribution in [-0.4, -0.2) is 41.0 Å². The van der Waals surface area contributed by atoms with Gasteiger partial charge in [-0.3, -0.25) is 14.6 Å². The predicted octanol–water partition coefficient (Wildman–Crippen LogP) is 5.68. The first-order valence-corrected chi connectivity index (χ1v) is 14.2. The molecule has 0 saturated carbocycles. The number of ether oxygens (including phenoxy) is 3. The molecule has 0 saturated heterocycles. The van der Waals surface area contributed by atoms with Gasteiger partial charge in [-0.25, -0.2) is 0 Å². The van der Waals surface area contributed by atoms with Crippen LogP contribution in [0.15, 0.2) is 71.3 Å². The van der Waals surface area contributed by atoms with E-state index in [1.165, 1.54) is 0 Å². The monoisotopic (exact) mass is 632 g/mol. The van der Waals surface area contributed by atoms with E-state index in [2.05, 4.69) is 15.9 Å². The molecule has 1 amide bonds. The van der Waals surface area contributed by atoms with E-state index in [9.17, 15) is 14.7 Å². The van der Waals surface area contributed by atoms with Gasteiger partial charge in [0.1, 0.15) is 23.9 Å². The topological polar surface area (TPSA) is 98.2 Å². The van der Waals surface area contributed by atoms with Gasteiger partial charge in [0.2, 0.25) is 5.78 Å². The number of benzene rings is 3. The third-order valence-corrected chi connectivity index (χ3v) is 8.43. The first-order valence-electron chi connectivity index (χ1n) is 13.0. The maximum absolute atomic E-state index is 14.1. The third-order valence-electron chi connectivity index (χ3n) is 7.70. The van der Waals surface area contributed by atoms with E-state index in [1.54, 1.807) is 71.8 Å². The SMILES string of the molecule is CCN1C(=O)COc2ccc(C(=O)[C@H]3Oc4ccc(Br)cc4[C@@]3(O)c3cnc4c(c3)COc3ccc(Cl)cc3-4)cc21. The molecule has 0 fully saturated rings. The molecule has 2 atom stereocenters. The van der Waals surface area contributed by atoms with Gasteiger partial charge in [0.25, 0.3) is 5.91 Å². The van der Waals surface area contributed by atoms with Crippen LogP contribution in [0.25, 0.3) is 11.3 Å². The van der Waals surface area contributed by atoms with E-state index in [1.807, 2.05) is 6.92 Å². The van der Waals surface area contributed by atoms with E-state index >= 15 is 0 Å². The van der Waals surface area contributed by atoms with Crippen molar-refractivity contribution in [3.8, 4) is 28.5 Å². The molecule has 0 bridgehead atoms. The number of pyridine rings is 1. The molecule has 0 unspecified atom stereocenters. The Kier molecular flexibility index (Phi) is 6.08. The summed E-state index contributed by atoms with van der Waals surface area (Å²) < 4.78 is 18.4. The molecule has 0 spiro atoms. The number of aliphatic hydroxyl groups is 1. The molecular formula is C31H22BrClN2O6. The summed E-state index contributed by atoms with van der Waals surface area (Å²) in [4.78, 5) is 32.8. The Morgan fingerprint density at radius 1 is 1.07 bits per heavy atom. The molecule has 1 N–H and O–H groups in total. The van der Waals surface area contributed by atoms with Gasteiger partial charge in [0, 0.05) is 50.1 Å². The molecule has 3 aliphatic rings. The Labute approximate surface area is 248 Å². The maximum atomic E-state index is 14.1. The Morgan fingerprint density at radius 2 is 1.85 bits per heavy atom. The molecule has 10 heteroatoms. The average Bonchev–Trinajstić information content (AvgIpc) is 3.28. The van der Waals surface area contributed by atoms with E-state index in [0.717, 1.165) is 11.1 Å². The fourth-order valence-electron chi connectivity index (χ4n) is 5.70. The van der Waals surface area contributed by atoms with Crippen molar-refractivity contribution in [1.29, 1.82) is 0 Å². The van der Waals surface area contributed by atoms with Crippen molar-refractivity contribution in [2.75, 3.05) is 18.1 Å². The van der Waals surface area contributed by atoms with Crippen LogP contribution in [0.4, 0.5) is 5.69 Å². The Hall–Kier alpha value is -3.92. The van der Waals surface area contributed by atoms with Gasteiger partial charge in [-0.2, -0.15) is 0 Å². The van der Waals surface area contributed by atoms with Crippen molar-refractivity contribution in [2.45, 2.75) is 25.2 Å². The van der Waals surface area contributed by atoms with Crippen LogP contribution >= 0.6 is 27.5 Å². The molecular weight excluding hydrogens is 612 g/mol. The van der Waals surface area contributed by atoms with Crippen molar-refractivity contribution in [3.05, 3.63) is 98.6 Å². The number of hydrogen-bond donors (Lipinski definition) is 1. The number of likely N-dealkylation sites (N-methyl/N-ethyl adjacent to an activating group) is 1. The lowest BCUT2D eigenvalue weighted by Gasteiger charge is -2.31. The van der Waals surface area contributed by atoms with Crippen LogP contribution < -0.4 is 19.1 Å². The smallest absolute Gasteiger partial charge is 0.265 e. The van der Waals surface area contributed by atoms with Crippen molar-refractivity contribution >= 4 is 44.9 Å². The molecule has 41 heavy (non-hydrogen) atoms. The minimum absolute atomic E-state index is 0.0600. The lowest BCUT2D eigenvalue weighted by Crippen LogP contribution is -2.45. The van der Waals surface area contributed by atoms with Crippen molar-refractivity contribution in [2.24, 2.45) is 0 Å².